The molecule has 2 aromatic rings. The van der Waals surface area contributed by atoms with Crippen LogP contribution in [0.3, 0.4) is 0 Å². The Kier molecular flexibility index (Phi) is 5.63. The molecule has 0 unspecified atom stereocenters. The average Bonchev–Trinajstić information content (AvgIpc) is 2.67. The number of aryl methyl sites for hydroxylation is 1. The second-order valence-corrected chi connectivity index (χ2v) is 6.27. The summed E-state index contributed by atoms with van der Waals surface area (Å²) < 4.78 is 19.8. The number of hydrazone groups is 1. The number of morpholine rings is 1. The summed E-state index contributed by atoms with van der Waals surface area (Å²) in [4.78, 5) is 14.1. The summed E-state index contributed by atoms with van der Waals surface area (Å²) in [6.07, 6.45) is 0. The zero-order valence-electron chi connectivity index (χ0n) is 15.0. The number of nitrogens with zero attached hydrogens (tertiary/aromatic N) is 2. The molecular weight excluding hydrogens is 333 g/mol. The Morgan fingerprint density at radius 2 is 1.77 bits per heavy atom. The minimum absolute atomic E-state index is 0.297. The van der Waals surface area contributed by atoms with Crippen LogP contribution in [0, 0.1) is 12.7 Å². The summed E-state index contributed by atoms with van der Waals surface area (Å²) in [6.45, 7) is 6.25. The van der Waals surface area contributed by atoms with Crippen molar-refractivity contribution >= 4 is 17.3 Å². The lowest BCUT2D eigenvalue weighted by atomic mass is 10.1. The highest BCUT2D eigenvalue weighted by Crippen LogP contribution is 2.22. The number of amides is 1. The van der Waals surface area contributed by atoms with E-state index >= 15 is 0 Å². The number of benzene rings is 2. The van der Waals surface area contributed by atoms with E-state index in [1.54, 1.807) is 25.1 Å². The number of carbonyl (C=O) groups is 1. The molecule has 1 N–H and O–H groups in total. The molecule has 1 aliphatic heterocycles. The topological polar surface area (TPSA) is 53.9 Å². The normalized spacial score (nSPS) is 15.0. The third-order valence-electron chi connectivity index (χ3n) is 4.36. The van der Waals surface area contributed by atoms with Gasteiger partial charge < -0.3 is 9.64 Å². The van der Waals surface area contributed by atoms with Gasteiger partial charge in [0.25, 0.3) is 5.91 Å². The lowest BCUT2D eigenvalue weighted by Crippen LogP contribution is -2.36. The van der Waals surface area contributed by atoms with Crippen LogP contribution in [-0.2, 0) is 4.74 Å². The number of ether oxygens (including phenoxy) is 1. The molecule has 0 bridgehead atoms. The highest BCUT2D eigenvalue weighted by Gasteiger charge is 2.15. The van der Waals surface area contributed by atoms with Crippen LogP contribution < -0.4 is 10.3 Å². The minimum atomic E-state index is -0.302. The van der Waals surface area contributed by atoms with Crippen molar-refractivity contribution in [2.75, 3.05) is 31.2 Å². The number of nitrogens with one attached hydrogen (secondary N) is 1. The van der Waals surface area contributed by atoms with Crippen molar-refractivity contribution in [3.8, 4) is 0 Å². The Labute approximate surface area is 152 Å². The molecule has 0 aromatic heterocycles. The maximum atomic E-state index is 14.5. The average molecular weight is 355 g/mol. The van der Waals surface area contributed by atoms with Crippen LogP contribution in [0.25, 0.3) is 0 Å². The van der Waals surface area contributed by atoms with E-state index in [-0.39, 0.29) is 11.7 Å². The molecule has 6 heteroatoms. The smallest absolute Gasteiger partial charge is 0.271 e. The lowest BCUT2D eigenvalue weighted by Gasteiger charge is -2.29. The van der Waals surface area contributed by atoms with Gasteiger partial charge in [0.05, 0.1) is 24.6 Å². The SMILES string of the molecule is C/C(=N/NC(=O)c1ccc(C)cc1)c1ccc(N2CCOCC2)c(F)c1. The minimum Gasteiger partial charge on any atom is -0.378 e. The standard InChI is InChI=1S/C20H22FN3O2/c1-14-3-5-16(6-4-14)20(25)23-22-15(2)17-7-8-19(18(21)13-17)24-9-11-26-12-10-24/h3-8,13H,9-12H2,1-2H3,(H,23,25)/b22-15-. The molecule has 1 amide bonds. The van der Waals surface area contributed by atoms with E-state index in [1.807, 2.05) is 30.0 Å². The third-order valence-corrected chi connectivity index (χ3v) is 4.36. The molecule has 0 spiro atoms. The first-order chi connectivity index (χ1) is 12.5. The Morgan fingerprint density at radius 3 is 2.42 bits per heavy atom. The van der Waals surface area contributed by atoms with Gasteiger partial charge in [0, 0.05) is 24.2 Å². The van der Waals surface area contributed by atoms with Gasteiger partial charge in [0.1, 0.15) is 5.82 Å². The highest BCUT2D eigenvalue weighted by atomic mass is 19.1. The van der Waals surface area contributed by atoms with Crippen molar-refractivity contribution in [1.82, 2.24) is 5.43 Å². The van der Waals surface area contributed by atoms with Crippen molar-refractivity contribution in [2.24, 2.45) is 5.10 Å². The monoisotopic (exact) mass is 355 g/mol. The van der Waals surface area contributed by atoms with Gasteiger partial charge in [0.15, 0.2) is 0 Å². The first-order valence-corrected chi connectivity index (χ1v) is 8.58. The first-order valence-electron chi connectivity index (χ1n) is 8.58. The molecule has 1 saturated heterocycles. The fourth-order valence-corrected chi connectivity index (χ4v) is 2.76. The summed E-state index contributed by atoms with van der Waals surface area (Å²) in [5.41, 5.74) is 5.85. The quantitative estimate of drug-likeness (QED) is 0.677. The number of hydrogen-bond donors (Lipinski definition) is 1. The zero-order chi connectivity index (χ0) is 18.5. The first kappa shape index (κ1) is 18.1. The van der Waals surface area contributed by atoms with E-state index < -0.39 is 0 Å². The van der Waals surface area contributed by atoms with Crippen LogP contribution in [0.15, 0.2) is 47.6 Å². The van der Waals surface area contributed by atoms with Gasteiger partial charge in [-0.2, -0.15) is 5.10 Å². The van der Waals surface area contributed by atoms with Crippen molar-refractivity contribution in [1.29, 1.82) is 0 Å². The van der Waals surface area contributed by atoms with E-state index in [0.717, 1.165) is 5.56 Å². The summed E-state index contributed by atoms with van der Waals surface area (Å²) in [5, 5.41) is 4.09. The van der Waals surface area contributed by atoms with Gasteiger partial charge in [-0.1, -0.05) is 23.8 Å². The maximum Gasteiger partial charge on any atom is 0.271 e. The van der Waals surface area contributed by atoms with Crippen LogP contribution in [0.2, 0.25) is 0 Å². The Morgan fingerprint density at radius 1 is 1.12 bits per heavy atom. The Balaban J connectivity index is 1.69. The van der Waals surface area contributed by atoms with Crippen molar-refractivity contribution in [3.63, 3.8) is 0 Å². The molecule has 0 aliphatic carbocycles. The van der Waals surface area contributed by atoms with E-state index in [4.69, 9.17) is 4.74 Å². The van der Waals surface area contributed by atoms with Crippen LogP contribution in [0.5, 0.6) is 0 Å². The summed E-state index contributed by atoms with van der Waals surface area (Å²) in [5.74, 6) is -0.599. The Hall–Kier alpha value is -2.73. The molecule has 0 saturated carbocycles. The van der Waals surface area contributed by atoms with Gasteiger partial charge >= 0.3 is 0 Å². The number of halogens is 1. The van der Waals surface area contributed by atoms with Crippen LogP contribution in [0.1, 0.15) is 28.4 Å². The largest absolute Gasteiger partial charge is 0.378 e. The molecule has 1 aliphatic rings. The molecular formula is C20H22FN3O2. The predicted octanol–water partition coefficient (Wildman–Crippen LogP) is 3.12. The molecule has 1 heterocycles. The number of anilines is 1. The lowest BCUT2D eigenvalue weighted by molar-refractivity contribution is 0.0955. The molecule has 2 aromatic carbocycles. The van der Waals surface area contributed by atoms with Crippen LogP contribution >= 0.6 is 0 Å². The van der Waals surface area contributed by atoms with E-state index in [2.05, 4.69) is 10.5 Å². The molecule has 5 nitrogen and oxygen atoms in total. The molecule has 26 heavy (non-hydrogen) atoms. The second kappa shape index (κ2) is 8.10. The van der Waals surface area contributed by atoms with Gasteiger partial charge in [-0.05, 0) is 38.1 Å². The molecule has 136 valence electrons. The third kappa shape index (κ3) is 4.26. The van der Waals surface area contributed by atoms with E-state index in [0.29, 0.717) is 48.8 Å². The fraction of sp³-hybridized carbons (Fsp3) is 0.300. The van der Waals surface area contributed by atoms with Crippen molar-refractivity contribution in [3.05, 3.63) is 65.0 Å². The Bertz CT molecular complexity index is 812. The van der Waals surface area contributed by atoms with Crippen LogP contribution in [-0.4, -0.2) is 37.9 Å². The van der Waals surface area contributed by atoms with Crippen molar-refractivity contribution in [2.45, 2.75) is 13.8 Å². The number of carbonyl (C=O) groups excluding carboxylic acids is 1. The molecule has 0 atom stereocenters. The van der Waals surface area contributed by atoms with Gasteiger partial charge in [-0.25, -0.2) is 9.82 Å². The number of hydrogen-bond acceptors (Lipinski definition) is 4. The summed E-state index contributed by atoms with van der Waals surface area (Å²) in [6, 6.07) is 12.2. The van der Waals surface area contributed by atoms with E-state index in [1.165, 1.54) is 6.07 Å². The summed E-state index contributed by atoms with van der Waals surface area (Å²) in [7, 11) is 0. The van der Waals surface area contributed by atoms with Gasteiger partial charge in [-0.3, -0.25) is 4.79 Å². The number of rotatable bonds is 4. The van der Waals surface area contributed by atoms with Gasteiger partial charge in [0.2, 0.25) is 0 Å². The highest BCUT2D eigenvalue weighted by molar-refractivity contribution is 6.01. The summed E-state index contributed by atoms with van der Waals surface area (Å²) >= 11 is 0. The van der Waals surface area contributed by atoms with Gasteiger partial charge in [-0.15, -0.1) is 0 Å². The van der Waals surface area contributed by atoms with Crippen LogP contribution in [0.4, 0.5) is 10.1 Å². The fourth-order valence-electron chi connectivity index (χ4n) is 2.76. The molecule has 1 fully saturated rings. The zero-order valence-corrected chi connectivity index (χ0v) is 15.0. The van der Waals surface area contributed by atoms with Crippen molar-refractivity contribution < 1.29 is 13.9 Å². The van der Waals surface area contributed by atoms with E-state index in [9.17, 15) is 9.18 Å². The molecule has 3 rings (SSSR count). The second-order valence-electron chi connectivity index (χ2n) is 6.27. The maximum absolute atomic E-state index is 14.5. The molecule has 0 radical (unpaired) electrons. The predicted molar refractivity (Wildman–Crippen MR) is 100 cm³/mol.